The Kier molecular flexibility index (Phi) is 4.26. The summed E-state index contributed by atoms with van der Waals surface area (Å²) in [5.74, 6) is 0. The highest BCUT2D eigenvalue weighted by Crippen LogP contribution is 2.25. The van der Waals surface area contributed by atoms with Crippen LogP contribution in [0.4, 0.5) is 11.4 Å². The maximum atomic E-state index is 11.7. The number of anilines is 2. The topological polar surface area (TPSA) is 88.3 Å². The van der Waals surface area contributed by atoms with Crippen molar-refractivity contribution in [3.05, 3.63) is 34.8 Å². The summed E-state index contributed by atoms with van der Waals surface area (Å²) in [4.78, 5) is 6.26. The van der Waals surface area contributed by atoms with Crippen LogP contribution < -0.4 is 15.4 Å². The monoisotopic (exact) mass is 312 g/mol. The van der Waals surface area contributed by atoms with E-state index in [1.54, 1.807) is 17.6 Å². The number of sulfonamides is 1. The predicted molar refractivity (Wildman–Crippen MR) is 81.3 cm³/mol. The molecule has 0 saturated carbocycles. The van der Waals surface area contributed by atoms with Crippen LogP contribution in [-0.2, 0) is 16.6 Å². The molecule has 1 aromatic carbocycles. The van der Waals surface area contributed by atoms with Crippen molar-refractivity contribution in [2.24, 2.45) is 0 Å². The van der Waals surface area contributed by atoms with Gasteiger partial charge in [0.1, 0.15) is 4.90 Å². The number of nitrogens with zero attached hydrogens (tertiary/aromatic N) is 2. The molecule has 108 valence electrons. The number of nitrogen functional groups attached to an aromatic ring is 1. The molecular formula is C12H16N4O2S2. The second-order valence-corrected chi connectivity index (χ2v) is 6.84. The van der Waals surface area contributed by atoms with Gasteiger partial charge in [-0.1, -0.05) is 0 Å². The summed E-state index contributed by atoms with van der Waals surface area (Å²) in [5.41, 5.74) is 9.64. The molecule has 1 aromatic heterocycles. The fourth-order valence-corrected chi connectivity index (χ4v) is 3.16. The minimum atomic E-state index is -3.53. The Hall–Kier alpha value is -1.64. The van der Waals surface area contributed by atoms with E-state index in [4.69, 9.17) is 5.73 Å². The molecule has 0 bridgehead atoms. The van der Waals surface area contributed by atoms with Crippen molar-refractivity contribution in [2.75, 3.05) is 24.7 Å². The summed E-state index contributed by atoms with van der Waals surface area (Å²) in [6.07, 6.45) is 0. The lowest BCUT2D eigenvalue weighted by molar-refractivity contribution is 0.588. The number of aromatic nitrogens is 1. The average molecular weight is 312 g/mol. The van der Waals surface area contributed by atoms with Gasteiger partial charge in [0.05, 0.1) is 23.4 Å². The molecule has 0 unspecified atom stereocenters. The predicted octanol–water partition coefficient (Wildman–Crippen LogP) is 1.27. The van der Waals surface area contributed by atoms with Gasteiger partial charge in [-0.25, -0.2) is 18.1 Å². The molecule has 0 radical (unpaired) electrons. The van der Waals surface area contributed by atoms with Gasteiger partial charge in [-0.05, 0) is 25.2 Å². The lowest BCUT2D eigenvalue weighted by Crippen LogP contribution is -2.21. The molecule has 0 atom stereocenters. The minimum absolute atomic E-state index is 0.0887. The van der Waals surface area contributed by atoms with Gasteiger partial charge in [0.25, 0.3) is 0 Å². The zero-order valence-electron chi connectivity index (χ0n) is 11.2. The van der Waals surface area contributed by atoms with E-state index in [2.05, 4.69) is 9.71 Å². The van der Waals surface area contributed by atoms with Gasteiger partial charge in [-0.2, -0.15) is 0 Å². The van der Waals surface area contributed by atoms with Gasteiger partial charge in [0, 0.05) is 18.1 Å². The Morgan fingerprint density at radius 1 is 1.45 bits per heavy atom. The Morgan fingerprint density at radius 2 is 2.20 bits per heavy atom. The average Bonchev–Trinajstić information content (AvgIpc) is 2.91. The molecule has 2 rings (SSSR count). The van der Waals surface area contributed by atoms with Gasteiger partial charge in [0.15, 0.2) is 0 Å². The number of hydrogen-bond acceptors (Lipinski definition) is 6. The van der Waals surface area contributed by atoms with E-state index < -0.39 is 10.0 Å². The fourth-order valence-electron chi connectivity index (χ4n) is 1.78. The highest BCUT2D eigenvalue weighted by atomic mass is 32.2. The molecule has 0 saturated heterocycles. The molecule has 0 spiro atoms. The van der Waals surface area contributed by atoms with E-state index in [9.17, 15) is 8.42 Å². The van der Waals surface area contributed by atoms with Crippen LogP contribution in [0.1, 0.15) is 5.69 Å². The minimum Gasteiger partial charge on any atom is -0.398 e. The molecule has 0 aliphatic heterocycles. The first kappa shape index (κ1) is 14.8. The summed E-state index contributed by atoms with van der Waals surface area (Å²) in [6.45, 7) is 0.640. The molecule has 1 heterocycles. The summed E-state index contributed by atoms with van der Waals surface area (Å²) in [6, 6.07) is 4.89. The van der Waals surface area contributed by atoms with Gasteiger partial charge in [0.2, 0.25) is 10.0 Å². The number of hydrogen-bond donors (Lipinski definition) is 2. The van der Waals surface area contributed by atoms with Gasteiger partial charge in [-0.3, -0.25) is 0 Å². The summed E-state index contributed by atoms with van der Waals surface area (Å²) in [5, 5.41) is 1.97. The molecule has 3 N–H and O–H groups in total. The Balaban J connectivity index is 2.25. The van der Waals surface area contributed by atoms with Crippen LogP contribution in [0.15, 0.2) is 34.0 Å². The molecule has 0 aliphatic rings. The van der Waals surface area contributed by atoms with Crippen molar-refractivity contribution < 1.29 is 8.42 Å². The van der Waals surface area contributed by atoms with E-state index in [1.807, 2.05) is 17.3 Å². The highest BCUT2D eigenvalue weighted by Gasteiger charge is 2.16. The van der Waals surface area contributed by atoms with Crippen LogP contribution >= 0.6 is 11.3 Å². The molecule has 6 nitrogen and oxygen atoms in total. The van der Waals surface area contributed by atoms with Gasteiger partial charge >= 0.3 is 0 Å². The number of nitrogens with one attached hydrogen (secondary N) is 1. The number of nitrogens with two attached hydrogens (primary N) is 1. The lowest BCUT2D eigenvalue weighted by Gasteiger charge is -2.19. The van der Waals surface area contributed by atoms with Crippen LogP contribution in [0.5, 0.6) is 0 Å². The molecular weight excluding hydrogens is 296 g/mol. The third-order valence-electron chi connectivity index (χ3n) is 2.88. The summed E-state index contributed by atoms with van der Waals surface area (Å²) in [7, 11) is -0.264. The van der Waals surface area contributed by atoms with Gasteiger partial charge < -0.3 is 10.6 Å². The first-order valence-electron chi connectivity index (χ1n) is 5.85. The highest BCUT2D eigenvalue weighted by molar-refractivity contribution is 7.89. The van der Waals surface area contributed by atoms with E-state index in [0.29, 0.717) is 6.54 Å². The van der Waals surface area contributed by atoms with Crippen molar-refractivity contribution in [1.82, 2.24) is 9.71 Å². The second-order valence-electron chi connectivity index (χ2n) is 4.27. The normalized spacial score (nSPS) is 11.5. The van der Waals surface area contributed by atoms with Crippen molar-refractivity contribution in [2.45, 2.75) is 11.4 Å². The van der Waals surface area contributed by atoms with Crippen LogP contribution in [0, 0.1) is 0 Å². The molecule has 0 aliphatic carbocycles. The number of thiazole rings is 1. The Morgan fingerprint density at radius 3 is 2.75 bits per heavy atom. The zero-order chi connectivity index (χ0) is 14.8. The van der Waals surface area contributed by atoms with Crippen LogP contribution in [0.2, 0.25) is 0 Å². The first-order chi connectivity index (χ1) is 9.44. The standard InChI is InChI=1S/C12H16N4O2S2/c1-14-20(17,18)12-4-3-10(5-11(12)13)16(2)6-9-7-19-8-15-9/h3-5,7-8,14H,6,13H2,1-2H3. The van der Waals surface area contributed by atoms with Crippen LogP contribution in [0.3, 0.4) is 0 Å². The number of benzene rings is 1. The SMILES string of the molecule is CNS(=O)(=O)c1ccc(N(C)Cc2cscn2)cc1N. The molecule has 20 heavy (non-hydrogen) atoms. The van der Waals surface area contributed by atoms with Crippen LogP contribution in [-0.4, -0.2) is 27.5 Å². The third-order valence-corrected chi connectivity index (χ3v) is 5.00. The second kappa shape index (κ2) is 5.78. The smallest absolute Gasteiger partial charge is 0.242 e. The van der Waals surface area contributed by atoms with Gasteiger partial charge in [-0.15, -0.1) is 11.3 Å². The third kappa shape index (κ3) is 3.09. The molecule has 0 amide bonds. The van der Waals surface area contributed by atoms with Crippen molar-refractivity contribution >= 4 is 32.7 Å². The molecule has 0 fully saturated rings. The van der Waals surface area contributed by atoms with Crippen molar-refractivity contribution in [1.29, 1.82) is 0 Å². The summed E-state index contributed by atoms with van der Waals surface area (Å²) >= 11 is 1.54. The Bertz CT molecular complexity index is 683. The lowest BCUT2D eigenvalue weighted by atomic mass is 10.2. The molecule has 2 aromatic rings. The first-order valence-corrected chi connectivity index (χ1v) is 8.28. The van der Waals surface area contributed by atoms with Crippen LogP contribution in [0.25, 0.3) is 0 Å². The van der Waals surface area contributed by atoms with E-state index in [0.717, 1.165) is 11.4 Å². The summed E-state index contributed by atoms with van der Waals surface area (Å²) < 4.78 is 25.7. The van der Waals surface area contributed by atoms with E-state index in [1.165, 1.54) is 24.5 Å². The fraction of sp³-hybridized carbons (Fsp3) is 0.250. The number of rotatable bonds is 5. The van der Waals surface area contributed by atoms with E-state index in [-0.39, 0.29) is 10.6 Å². The van der Waals surface area contributed by atoms with E-state index >= 15 is 0 Å². The zero-order valence-corrected chi connectivity index (χ0v) is 12.8. The van der Waals surface area contributed by atoms with Crippen molar-refractivity contribution in [3.63, 3.8) is 0 Å². The maximum absolute atomic E-state index is 11.7. The quantitative estimate of drug-likeness (QED) is 0.812. The molecule has 8 heteroatoms. The van der Waals surface area contributed by atoms with Crippen molar-refractivity contribution in [3.8, 4) is 0 Å². The largest absolute Gasteiger partial charge is 0.398 e. The Labute approximate surface area is 122 Å². The maximum Gasteiger partial charge on any atom is 0.242 e.